The van der Waals surface area contributed by atoms with Gasteiger partial charge in [0.05, 0.1) is 0 Å². The summed E-state index contributed by atoms with van der Waals surface area (Å²) in [6.45, 7) is 0. The van der Waals surface area contributed by atoms with E-state index in [0.29, 0.717) is 0 Å². The molecule has 0 aliphatic heterocycles. The molecule has 10 heavy (non-hydrogen) atoms. The van der Waals surface area contributed by atoms with Gasteiger partial charge in [-0.2, -0.15) is 0 Å². The Bertz CT molecular complexity index is 71.7. The van der Waals surface area contributed by atoms with Crippen LogP contribution in [0.5, 0.6) is 0 Å². The van der Waals surface area contributed by atoms with Gasteiger partial charge in [0.1, 0.15) is 0 Å². The zero-order valence-corrected chi connectivity index (χ0v) is 11.7. The van der Waals surface area contributed by atoms with Gasteiger partial charge in [0.15, 0.2) is 0 Å². The molecule has 0 aromatic rings. The summed E-state index contributed by atoms with van der Waals surface area (Å²) in [4.78, 5) is 16.7. The van der Waals surface area contributed by atoms with Crippen LogP contribution in [0.4, 0.5) is 9.59 Å². The second-order valence-electron chi connectivity index (χ2n) is 0.500. The fourth-order valence-corrected chi connectivity index (χ4v) is 0. The van der Waals surface area contributed by atoms with Gasteiger partial charge < -0.3 is 30.0 Å². The third-order valence-electron chi connectivity index (χ3n) is 0. The van der Waals surface area contributed by atoms with Gasteiger partial charge in [-0.15, -0.1) is 0 Å². The Morgan fingerprint density at radius 2 is 0.700 bits per heavy atom. The monoisotopic (exact) mass is 198 g/mol. The van der Waals surface area contributed by atoms with Crippen LogP contribution >= 0.6 is 0 Å². The number of carboxylic acid groups (broad SMARTS) is 4. The second-order valence-corrected chi connectivity index (χ2v) is 0.500. The van der Waals surface area contributed by atoms with Gasteiger partial charge in [0.25, 0.3) is 0 Å². The molecule has 0 unspecified atom stereocenters. The molecule has 0 spiro atoms. The number of carbonyl (C=O) groups is 2. The van der Waals surface area contributed by atoms with Crippen molar-refractivity contribution >= 4 is 12.3 Å². The van der Waals surface area contributed by atoms with Crippen LogP contribution in [0.1, 0.15) is 0 Å². The molecule has 0 N–H and O–H groups in total. The molecule has 0 saturated carbocycles. The Morgan fingerprint density at radius 1 is 0.700 bits per heavy atom. The van der Waals surface area contributed by atoms with Crippen LogP contribution in [0.25, 0.3) is 0 Å². The van der Waals surface area contributed by atoms with E-state index in [0.717, 1.165) is 0 Å². The Kier molecular flexibility index (Phi) is 38.6. The maximum atomic E-state index is 8.33. The van der Waals surface area contributed by atoms with Crippen molar-refractivity contribution in [2.24, 2.45) is 0 Å². The van der Waals surface area contributed by atoms with E-state index < -0.39 is 12.3 Å². The third kappa shape index (κ3) is 232. The Labute approximate surface area is 141 Å². The molecule has 0 aliphatic carbocycles. The zero-order chi connectivity index (χ0) is 7.15. The molecule has 0 heterocycles. The summed E-state index contributed by atoms with van der Waals surface area (Å²) in [5.41, 5.74) is 0. The zero-order valence-electron chi connectivity index (χ0n) is 5.45. The van der Waals surface area contributed by atoms with Crippen LogP contribution in [-0.4, -0.2) is 12.3 Å². The predicted octanol–water partition coefficient (Wildman–Crippen LogP) is -10.9. The van der Waals surface area contributed by atoms with E-state index >= 15 is 0 Å². The maximum Gasteiger partial charge on any atom is 1.00 e. The number of hydrogen-bond donors (Lipinski definition) is 0. The largest absolute Gasteiger partial charge is 1.00 e. The molecule has 6 nitrogen and oxygen atoms in total. The molecule has 0 bridgehead atoms. The molecular weight excluding hydrogens is 198 g/mol. The van der Waals surface area contributed by atoms with E-state index in [1.807, 2.05) is 0 Å². The molecule has 0 aliphatic rings. The fourth-order valence-electron chi connectivity index (χ4n) is 0. The molecule has 0 saturated heterocycles. The van der Waals surface area contributed by atoms with Gasteiger partial charge in [0, 0.05) is 0 Å². The van der Waals surface area contributed by atoms with Gasteiger partial charge in [-0.1, -0.05) is 0 Å². The van der Waals surface area contributed by atoms with Crippen molar-refractivity contribution in [3.05, 3.63) is 0 Å². The van der Waals surface area contributed by atoms with Gasteiger partial charge in [0.2, 0.25) is 0 Å². The van der Waals surface area contributed by atoms with Crippen LogP contribution in [-0.2, 0) is 0 Å². The number of hydrogen-bond acceptors (Lipinski definition) is 6. The third-order valence-corrected chi connectivity index (χ3v) is 0. The average Bonchev–Trinajstić information content (AvgIpc) is 1.25. The molecule has 48 valence electrons. The van der Waals surface area contributed by atoms with Crippen LogP contribution in [0, 0.1) is 0 Å². The molecule has 0 rings (SSSR count). The van der Waals surface area contributed by atoms with Crippen LogP contribution in [0.2, 0.25) is 0 Å². The van der Waals surface area contributed by atoms with Crippen molar-refractivity contribution in [1.82, 2.24) is 0 Å². The standard InChI is InChI=1S/2CH2O3.2K/c2*2-1(3)4;;/h2*(H2,2,3,4);;/q;;2*+1/p-4. The summed E-state index contributed by atoms with van der Waals surface area (Å²) in [7, 11) is 0. The van der Waals surface area contributed by atoms with Gasteiger partial charge >= 0.3 is 103 Å². The summed E-state index contributed by atoms with van der Waals surface area (Å²) >= 11 is 0. The summed E-state index contributed by atoms with van der Waals surface area (Å²) in [5.74, 6) is 0. The van der Waals surface area contributed by atoms with E-state index in [1.54, 1.807) is 0 Å². The first-order valence-corrected chi connectivity index (χ1v) is 1.22. The summed E-state index contributed by atoms with van der Waals surface area (Å²) in [6.07, 6.45) is -4.67. The minimum absolute atomic E-state index is 0. The predicted molar refractivity (Wildman–Crippen MR) is 10.8 cm³/mol. The topological polar surface area (TPSA) is 126 Å². The van der Waals surface area contributed by atoms with Crippen molar-refractivity contribution in [2.45, 2.75) is 0 Å². The average molecular weight is 198 g/mol. The number of rotatable bonds is 0. The molecular formula is C2K2O6-2. The van der Waals surface area contributed by atoms with Gasteiger partial charge in [-0.05, 0) is 12.3 Å². The van der Waals surface area contributed by atoms with E-state index in [2.05, 4.69) is 0 Å². The first kappa shape index (κ1) is 22.6. The first-order valence-electron chi connectivity index (χ1n) is 1.22. The van der Waals surface area contributed by atoms with Crippen molar-refractivity contribution in [3.8, 4) is 0 Å². The summed E-state index contributed by atoms with van der Waals surface area (Å²) in [5, 5.41) is 33.3. The van der Waals surface area contributed by atoms with Gasteiger partial charge in [-0.3, -0.25) is 0 Å². The van der Waals surface area contributed by atoms with Crippen molar-refractivity contribution in [1.29, 1.82) is 0 Å². The molecule has 0 radical (unpaired) electrons. The van der Waals surface area contributed by atoms with E-state index in [4.69, 9.17) is 30.0 Å². The minimum Gasteiger partial charge on any atom is -0.652 e. The maximum absolute atomic E-state index is 8.33. The minimum atomic E-state index is -2.33. The van der Waals surface area contributed by atoms with E-state index in [-0.39, 0.29) is 103 Å². The van der Waals surface area contributed by atoms with Crippen molar-refractivity contribution in [2.75, 3.05) is 0 Å². The van der Waals surface area contributed by atoms with E-state index in [1.165, 1.54) is 0 Å². The second kappa shape index (κ2) is 17.1. The molecule has 0 atom stereocenters. The van der Waals surface area contributed by atoms with Crippen molar-refractivity contribution < 1.29 is 133 Å². The quantitative estimate of drug-likeness (QED) is 0.356. The Morgan fingerprint density at radius 3 is 0.700 bits per heavy atom. The molecule has 0 aromatic heterocycles. The SMILES string of the molecule is O=C([O-])[O-].O=C([O-])[O-].[K+].[K+]. The molecule has 0 aromatic carbocycles. The van der Waals surface area contributed by atoms with Gasteiger partial charge in [-0.25, -0.2) is 0 Å². The first-order chi connectivity index (χ1) is 3.46. The smallest absolute Gasteiger partial charge is 0.652 e. The van der Waals surface area contributed by atoms with E-state index in [9.17, 15) is 0 Å². The molecule has 0 fully saturated rings. The summed E-state index contributed by atoms with van der Waals surface area (Å²) < 4.78 is 0. The molecule has 8 heteroatoms. The Hall–Kier alpha value is 1.81. The van der Waals surface area contributed by atoms with Crippen LogP contribution < -0.4 is 123 Å². The summed E-state index contributed by atoms with van der Waals surface area (Å²) in [6, 6.07) is 0. The molecule has 0 amide bonds. The van der Waals surface area contributed by atoms with Crippen LogP contribution in [0.15, 0.2) is 0 Å². The fraction of sp³-hybridized carbons (Fsp3) is 0. The van der Waals surface area contributed by atoms with Crippen LogP contribution in [0.3, 0.4) is 0 Å². The van der Waals surface area contributed by atoms with Crippen molar-refractivity contribution in [3.63, 3.8) is 0 Å². The normalized spacial score (nSPS) is 4.80. The Balaban J connectivity index is -0.0000000300. The number of carbonyl (C=O) groups excluding carboxylic acids is 2.